The van der Waals surface area contributed by atoms with Crippen LogP contribution in [0, 0.1) is 0 Å². The van der Waals surface area contributed by atoms with Gasteiger partial charge >= 0.3 is 0 Å². The Bertz CT molecular complexity index is 587. The third kappa shape index (κ3) is 4.46. The van der Waals surface area contributed by atoms with E-state index in [1.165, 1.54) is 0 Å². The van der Waals surface area contributed by atoms with E-state index in [-0.39, 0.29) is 6.61 Å². The molecular formula is C17H20ClNO2. The number of para-hydroxylation sites is 1. The summed E-state index contributed by atoms with van der Waals surface area (Å²) in [4.78, 5) is 0. The Labute approximate surface area is 130 Å². The lowest BCUT2D eigenvalue weighted by Gasteiger charge is -2.12. The van der Waals surface area contributed by atoms with Crippen molar-refractivity contribution in [3.8, 4) is 11.5 Å². The summed E-state index contributed by atoms with van der Waals surface area (Å²) in [5.74, 6) is 1.45. The highest BCUT2D eigenvalue weighted by molar-refractivity contribution is 6.31. The van der Waals surface area contributed by atoms with E-state index in [9.17, 15) is 0 Å². The van der Waals surface area contributed by atoms with E-state index in [0.29, 0.717) is 17.2 Å². The van der Waals surface area contributed by atoms with Crippen molar-refractivity contribution < 1.29 is 9.84 Å². The smallest absolute Gasteiger partial charge is 0.130 e. The Morgan fingerprint density at radius 1 is 1.14 bits per heavy atom. The zero-order chi connectivity index (χ0) is 15.1. The maximum Gasteiger partial charge on any atom is 0.130 e. The minimum atomic E-state index is 0.1000. The van der Waals surface area contributed by atoms with Crippen LogP contribution in [0.2, 0.25) is 5.02 Å². The highest BCUT2D eigenvalue weighted by atomic mass is 35.5. The Morgan fingerprint density at radius 2 is 1.95 bits per heavy atom. The molecule has 0 aromatic heterocycles. The average Bonchev–Trinajstić information content (AvgIpc) is 2.49. The average molecular weight is 306 g/mol. The summed E-state index contributed by atoms with van der Waals surface area (Å²) in [6.45, 7) is 3.81. The van der Waals surface area contributed by atoms with Crippen molar-refractivity contribution in [2.75, 3.05) is 13.2 Å². The van der Waals surface area contributed by atoms with E-state index in [4.69, 9.17) is 21.4 Å². The molecule has 0 heterocycles. The predicted molar refractivity (Wildman–Crippen MR) is 86.1 cm³/mol. The molecule has 0 bridgehead atoms. The van der Waals surface area contributed by atoms with Gasteiger partial charge in [0.15, 0.2) is 0 Å². The first-order chi connectivity index (χ1) is 10.2. The topological polar surface area (TPSA) is 41.5 Å². The fourth-order valence-corrected chi connectivity index (χ4v) is 2.29. The summed E-state index contributed by atoms with van der Waals surface area (Å²) in [7, 11) is 0. The van der Waals surface area contributed by atoms with Crippen LogP contribution in [0.1, 0.15) is 18.1 Å². The van der Waals surface area contributed by atoms with Crippen LogP contribution in [0.3, 0.4) is 0 Å². The monoisotopic (exact) mass is 305 g/mol. The van der Waals surface area contributed by atoms with Crippen molar-refractivity contribution in [3.63, 3.8) is 0 Å². The number of ether oxygens (including phenoxy) is 1. The van der Waals surface area contributed by atoms with Crippen LogP contribution in [0.4, 0.5) is 0 Å². The summed E-state index contributed by atoms with van der Waals surface area (Å²) < 4.78 is 5.89. The molecule has 0 spiro atoms. The van der Waals surface area contributed by atoms with Gasteiger partial charge in [0.2, 0.25) is 0 Å². The Hall–Kier alpha value is -1.55. The Kier molecular flexibility index (Phi) is 6.05. The minimum Gasteiger partial charge on any atom is -0.457 e. The standard InChI is InChI=1S/C17H20ClNO2/c1-2-19-12-14-7-8-15(11-16(14)18)21-17-6-4-3-5-13(17)9-10-20/h3-8,11,19-20H,2,9-10,12H2,1H3. The lowest BCUT2D eigenvalue weighted by molar-refractivity contribution is 0.298. The number of rotatable bonds is 7. The molecule has 2 aromatic carbocycles. The van der Waals surface area contributed by atoms with Gasteiger partial charge in [0.25, 0.3) is 0 Å². The number of hydrogen-bond donors (Lipinski definition) is 2. The van der Waals surface area contributed by atoms with Crippen molar-refractivity contribution >= 4 is 11.6 Å². The number of halogens is 1. The van der Waals surface area contributed by atoms with Gasteiger partial charge in [0.05, 0.1) is 0 Å². The fourth-order valence-electron chi connectivity index (χ4n) is 2.05. The van der Waals surface area contributed by atoms with Gasteiger partial charge in [0, 0.05) is 18.2 Å². The fraction of sp³-hybridized carbons (Fsp3) is 0.294. The van der Waals surface area contributed by atoms with Crippen LogP contribution in [-0.4, -0.2) is 18.3 Å². The van der Waals surface area contributed by atoms with Crippen molar-refractivity contribution in [2.45, 2.75) is 19.9 Å². The Morgan fingerprint density at radius 3 is 2.67 bits per heavy atom. The SMILES string of the molecule is CCNCc1ccc(Oc2ccccc2CCO)cc1Cl. The minimum absolute atomic E-state index is 0.1000. The van der Waals surface area contributed by atoms with Gasteiger partial charge in [0.1, 0.15) is 11.5 Å². The summed E-state index contributed by atoms with van der Waals surface area (Å²) in [6, 6.07) is 13.4. The first-order valence-electron chi connectivity index (χ1n) is 7.10. The van der Waals surface area contributed by atoms with Crippen LogP contribution < -0.4 is 10.1 Å². The van der Waals surface area contributed by atoms with E-state index in [2.05, 4.69) is 12.2 Å². The normalized spacial score (nSPS) is 10.6. The molecule has 0 unspecified atom stereocenters. The molecule has 0 radical (unpaired) electrons. The quantitative estimate of drug-likeness (QED) is 0.818. The molecular weight excluding hydrogens is 286 g/mol. The molecule has 112 valence electrons. The van der Waals surface area contributed by atoms with Crippen LogP contribution in [0.25, 0.3) is 0 Å². The molecule has 2 aromatic rings. The van der Waals surface area contributed by atoms with Gasteiger partial charge in [-0.15, -0.1) is 0 Å². The molecule has 2 N–H and O–H groups in total. The third-order valence-corrected chi connectivity index (χ3v) is 3.52. The first kappa shape index (κ1) is 15.8. The van der Waals surface area contributed by atoms with Gasteiger partial charge in [-0.3, -0.25) is 0 Å². The lowest BCUT2D eigenvalue weighted by Crippen LogP contribution is -2.11. The molecule has 0 amide bonds. The van der Waals surface area contributed by atoms with E-state index in [1.807, 2.05) is 42.5 Å². The predicted octanol–water partition coefficient (Wildman–Crippen LogP) is 3.78. The van der Waals surface area contributed by atoms with Crippen molar-refractivity contribution in [2.24, 2.45) is 0 Å². The van der Waals surface area contributed by atoms with E-state index < -0.39 is 0 Å². The highest BCUT2D eigenvalue weighted by Gasteiger charge is 2.06. The van der Waals surface area contributed by atoms with Crippen molar-refractivity contribution in [1.29, 1.82) is 0 Å². The van der Waals surface area contributed by atoms with Crippen LogP contribution in [0.5, 0.6) is 11.5 Å². The van der Waals surface area contributed by atoms with Crippen LogP contribution in [-0.2, 0) is 13.0 Å². The van der Waals surface area contributed by atoms with Crippen molar-refractivity contribution in [3.05, 3.63) is 58.6 Å². The van der Waals surface area contributed by atoms with Crippen LogP contribution >= 0.6 is 11.6 Å². The molecule has 3 nitrogen and oxygen atoms in total. The Balaban J connectivity index is 2.15. The molecule has 0 saturated carbocycles. The summed E-state index contributed by atoms with van der Waals surface area (Å²) in [6.07, 6.45) is 0.572. The molecule has 0 atom stereocenters. The second kappa shape index (κ2) is 8.03. The summed E-state index contributed by atoms with van der Waals surface area (Å²) >= 11 is 6.27. The van der Waals surface area contributed by atoms with Crippen molar-refractivity contribution in [1.82, 2.24) is 5.32 Å². The number of aliphatic hydroxyl groups excluding tert-OH is 1. The molecule has 4 heteroatoms. The number of benzene rings is 2. The first-order valence-corrected chi connectivity index (χ1v) is 7.48. The lowest BCUT2D eigenvalue weighted by atomic mass is 10.1. The largest absolute Gasteiger partial charge is 0.457 e. The maximum atomic E-state index is 9.09. The van der Waals surface area contributed by atoms with Gasteiger partial charge in [-0.05, 0) is 42.3 Å². The number of aliphatic hydroxyl groups is 1. The zero-order valence-electron chi connectivity index (χ0n) is 12.1. The third-order valence-electron chi connectivity index (χ3n) is 3.17. The van der Waals surface area contributed by atoms with Gasteiger partial charge < -0.3 is 15.2 Å². The van der Waals surface area contributed by atoms with E-state index in [1.54, 1.807) is 0 Å². The maximum absolute atomic E-state index is 9.09. The summed E-state index contributed by atoms with van der Waals surface area (Å²) in [5.41, 5.74) is 2.03. The van der Waals surface area contributed by atoms with Crippen LogP contribution in [0.15, 0.2) is 42.5 Å². The second-order valence-corrected chi connectivity index (χ2v) is 5.12. The molecule has 0 fully saturated rings. The number of hydrogen-bond acceptors (Lipinski definition) is 3. The van der Waals surface area contributed by atoms with Gasteiger partial charge in [-0.25, -0.2) is 0 Å². The summed E-state index contributed by atoms with van der Waals surface area (Å²) in [5, 5.41) is 13.0. The van der Waals surface area contributed by atoms with E-state index in [0.717, 1.165) is 30.0 Å². The zero-order valence-corrected chi connectivity index (χ0v) is 12.9. The van der Waals surface area contributed by atoms with E-state index >= 15 is 0 Å². The molecule has 0 saturated heterocycles. The molecule has 0 aliphatic heterocycles. The highest BCUT2D eigenvalue weighted by Crippen LogP contribution is 2.29. The molecule has 2 rings (SSSR count). The van der Waals surface area contributed by atoms with Gasteiger partial charge in [-0.1, -0.05) is 42.8 Å². The molecule has 0 aliphatic carbocycles. The number of nitrogens with one attached hydrogen (secondary N) is 1. The molecule has 21 heavy (non-hydrogen) atoms. The molecule has 0 aliphatic rings. The van der Waals surface area contributed by atoms with Gasteiger partial charge in [-0.2, -0.15) is 0 Å². The second-order valence-electron chi connectivity index (χ2n) is 4.72.